The highest BCUT2D eigenvalue weighted by Crippen LogP contribution is 2.40. The minimum absolute atomic E-state index is 0.257. The van der Waals surface area contributed by atoms with E-state index in [4.69, 9.17) is 10.5 Å². The lowest BCUT2D eigenvalue weighted by Crippen LogP contribution is -2.37. The summed E-state index contributed by atoms with van der Waals surface area (Å²) in [6.45, 7) is 10.7. The maximum atomic E-state index is 5.91. The molecule has 0 aliphatic carbocycles. The van der Waals surface area contributed by atoms with Gasteiger partial charge in [-0.25, -0.2) is 0 Å². The molecule has 1 rings (SSSR count). The smallest absolute Gasteiger partial charge is 0.0616 e. The van der Waals surface area contributed by atoms with Crippen molar-refractivity contribution in [3.63, 3.8) is 0 Å². The number of ether oxygens (including phenoxy) is 1. The highest BCUT2D eigenvalue weighted by Gasteiger charge is 2.40. The van der Waals surface area contributed by atoms with E-state index >= 15 is 0 Å². The fraction of sp³-hybridized carbons (Fsp3) is 1.00. The average Bonchev–Trinajstić information content (AvgIpc) is 2.43. The van der Waals surface area contributed by atoms with Crippen molar-refractivity contribution in [2.45, 2.75) is 53.1 Å². The highest BCUT2D eigenvalue weighted by molar-refractivity contribution is 4.91. The Morgan fingerprint density at radius 1 is 1.43 bits per heavy atom. The lowest BCUT2D eigenvalue weighted by atomic mass is 9.74. The Labute approximate surface area is 88.2 Å². The van der Waals surface area contributed by atoms with E-state index in [1.807, 2.05) is 0 Å². The summed E-state index contributed by atoms with van der Waals surface area (Å²) < 4.78 is 5.64. The maximum absolute atomic E-state index is 5.91. The predicted octanol–water partition coefficient (Wildman–Crippen LogP) is 2.57. The second kappa shape index (κ2) is 4.19. The normalized spacial score (nSPS) is 33.6. The third kappa shape index (κ3) is 2.71. The summed E-state index contributed by atoms with van der Waals surface area (Å²) in [4.78, 5) is 0. The van der Waals surface area contributed by atoms with Gasteiger partial charge in [0.1, 0.15) is 0 Å². The van der Waals surface area contributed by atoms with Gasteiger partial charge >= 0.3 is 0 Å². The fourth-order valence-electron chi connectivity index (χ4n) is 2.14. The van der Waals surface area contributed by atoms with E-state index in [0.29, 0.717) is 11.5 Å². The molecule has 0 spiro atoms. The number of hydrogen-bond donors (Lipinski definition) is 1. The summed E-state index contributed by atoms with van der Waals surface area (Å²) in [5.41, 5.74) is 6.57. The van der Waals surface area contributed by atoms with Crippen molar-refractivity contribution < 1.29 is 4.74 Å². The maximum Gasteiger partial charge on any atom is 0.0616 e. The van der Waals surface area contributed by atoms with Crippen LogP contribution >= 0.6 is 0 Å². The van der Waals surface area contributed by atoms with Crippen LogP contribution in [0.15, 0.2) is 0 Å². The summed E-state index contributed by atoms with van der Waals surface area (Å²) in [5, 5.41) is 0. The van der Waals surface area contributed by atoms with Crippen molar-refractivity contribution in [2.24, 2.45) is 16.6 Å². The fourth-order valence-corrected chi connectivity index (χ4v) is 2.14. The van der Waals surface area contributed by atoms with Crippen LogP contribution in [0, 0.1) is 10.8 Å². The Balaban J connectivity index is 2.54. The van der Waals surface area contributed by atoms with Gasteiger partial charge in [-0.3, -0.25) is 0 Å². The van der Waals surface area contributed by atoms with Gasteiger partial charge in [0.15, 0.2) is 0 Å². The van der Waals surface area contributed by atoms with Gasteiger partial charge in [0, 0.05) is 18.6 Å². The Kier molecular flexibility index (Phi) is 3.59. The summed E-state index contributed by atoms with van der Waals surface area (Å²) in [7, 11) is 0. The molecule has 0 amide bonds. The van der Waals surface area contributed by atoms with Crippen LogP contribution in [0.25, 0.3) is 0 Å². The largest absolute Gasteiger partial charge is 0.378 e. The van der Waals surface area contributed by atoms with Gasteiger partial charge in [-0.05, 0) is 31.6 Å². The summed E-state index contributed by atoms with van der Waals surface area (Å²) in [5.74, 6) is 0. The van der Waals surface area contributed by atoms with Gasteiger partial charge in [0.05, 0.1) is 6.10 Å². The molecular weight excluding hydrogens is 174 g/mol. The number of hydrogen-bond acceptors (Lipinski definition) is 2. The highest BCUT2D eigenvalue weighted by atomic mass is 16.5. The summed E-state index contributed by atoms with van der Waals surface area (Å²) >= 11 is 0. The molecule has 14 heavy (non-hydrogen) atoms. The molecule has 1 aliphatic rings. The molecule has 1 saturated heterocycles. The molecule has 2 heteroatoms. The minimum Gasteiger partial charge on any atom is -0.378 e. The first-order valence-corrected chi connectivity index (χ1v) is 5.71. The lowest BCUT2D eigenvalue weighted by Gasteiger charge is -2.33. The monoisotopic (exact) mass is 199 g/mol. The zero-order chi connectivity index (χ0) is 10.8. The zero-order valence-electron chi connectivity index (χ0n) is 10.1. The summed E-state index contributed by atoms with van der Waals surface area (Å²) in [6, 6.07) is 0. The third-order valence-corrected chi connectivity index (χ3v) is 3.61. The van der Waals surface area contributed by atoms with Crippen LogP contribution in [-0.4, -0.2) is 19.3 Å². The molecule has 0 aromatic carbocycles. The van der Waals surface area contributed by atoms with Crippen LogP contribution in [0.3, 0.4) is 0 Å². The van der Waals surface area contributed by atoms with E-state index in [1.54, 1.807) is 0 Å². The van der Waals surface area contributed by atoms with Crippen LogP contribution < -0.4 is 5.73 Å². The van der Waals surface area contributed by atoms with Gasteiger partial charge in [-0.15, -0.1) is 0 Å². The van der Waals surface area contributed by atoms with Gasteiger partial charge in [-0.2, -0.15) is 0 Å². The molecule has 2 N–H and O–H groups in total. The van der Waals surface area contributed by atoms with Crippen LogP contribution in [0.4, 0.5) is 0 Å². The standard InChI is InChI=1S/C12H25NO/c1-10-12(9-13,7-8-14-10)6-5-11(2,3)4/h10H,5-9,13H2,1-4H3. The molecule has 2 nitrogen and oxygen atoms in total. The summed E-state index contributed by atoms with van der Waals surface area (Å²) in [6.07, 6.45) is 3.92. The van der Waals surface area contributed by atoms with Crippen LogP contribution in [-0.2, 0) is 4.74 Å². The Morgan fingerprint density at radius 2 is 2.07 bits per heavy atom. The topological polar surface area (TPSA) is 35.2 Å². The van der Waals surface area contributed by atoms with Crippen LogP contribution in [0.1, 0.15) is 47.0 Å². The van der Waals surface area contributed by atoms with Crippen molar-refractivity contribution in [1.29, 1.82) is 0 Å². The van der Waals surface area contributed by atoms with E-state index in [-0.39, 0.29) is 5.41 Å². The minimum atomic E-state index is 0.257. The van der Waals surface area contributed by atoms with Crippen molar-refractivity contribution in [1.82, 2.24) is 0 Å². The first-order valence-electron chi connectivity index (χ1n) is 5.71. The van der Waals surface area contributed by atoms with Gasteiger partial charge < -0.3 is 10.5 Å². The Morgan fingerprint density at radius 3 is 2.43 bits per heavy atom. The van der Waals surface area contributed by atoms with Crippen LogP contribution in [0.2, 0.25) is 0 Å². The molecule has 0 radical (unpaired) electrons. The van der Waals surface area contributed by atoms with Gasteiger partial charge in [0.2, 0.25) is 0 Å². The molecule has 0 bridgehead atoms. The van der Waals surface area contributed by atoms with Crippen molar-refractivity contribution in [3.8, 4) is 0 Å². The van der Waals surface area contributed by atoms with E-state index < -0.39 is 0 Å². The molecular formula is C12H25NO. The molecule has 1 fully saturated rings. The second-order valence-electron chi connectivity index (χ2n) is 5.89. The van der Waals surface area contributed by atoms with E-state index in [2.05, 4.69) is 27.7 Å². The van der Waals surface area contributed by atoms with Gasteiger partial charge in [0.25, 0.3) is 0 Å². The number of nitrogens with two attached hydrogens (primary N) is 1. The van der Waals surface area contributed by atoms with Gasteiger partial charge in [-0.1, -0.05) is 20.8 Å². The molecule has 0 saturated carbocycles. The molecule has 1 heterocycles. The first kappa shape index (κ1) is 12.0. The lowest BCUT2D eigenvalue weighted by molar-refractivity contribution is 0.0569. The zero-order valence-corrected chi connectivity index (χ0v) is 10.1. The predicted molar refractivity (Wildman–Crippen MR) is 60.2 cm³/mol. The Hall–Kier alpha value is -0.0800. The van der Waals surface area contributed by atoms with Crippen molar-refractivity contribution >= 4 is 0 Å². The molecule has 1 aliphatic heterocycles. The van der Waals surface area contributed by atoms with E-state index in [1.165, 1.54) is 12.8 Å². The molecule has 0 aromatic rings. The number of rotatable bonds is 3. The molecule has 2 unspecified atom stereocenters. The van der Waals surface area contributed by atoms with Crippen molar-refractivity contribution in [3.05, 3.63) is 0 Å². The molecule has 0 aromatic heterocycles. The van der Waals surface area contributed by atoms with Crippen LogP contribution in [0.5, 0.6) is 0 Å². The second-order valence-corrected chi connectivity index (χ2v) is 5.89. The van der Waals surface area contributed by atoms with Crippen molar-refractivity contribution in [2.75, 3.05) is 13.2 Å². The van der Waals surface area contributed by atoms with E-state index in [0.717, 1.165) is 19.6 Å². The Bertz CT molecular complexity index is 185. The van der Waals surface area contributed by atoms with E-state index in [9.17, 15) is 0 Å². The average molecular weight is 199 g/mol. The molecule has 84 valence electrons. The quantitative estimate of drug-likeness (QED) is 0.758. The first-order chi connectivity index (χ1) is 6.40. The molecule has 2 atom stereocenters. The third-order valence-electron chi connectivity index (χ3n) is 3.61. The SMILES string of the molecule is CC1OCCC1(CN)CCC(C)(C)C.